The molecule has 1 saturated heterocycles. The Labute approximate surface area is 111 Å². The fourth-order valence-corrected chi connectivity index (χ4v) is 2.23. The van der Waals surface area contributed by atoms with Crippen LogP contribution in [0.3, 0.4) is 0 Å². The van der Waals surface area contributed by atoms with Gasteiger partial charge in [-0.05, 0) is 24.1 Å². The second-order valence-corrected chi connectivity index (χ2v) is 4.83. The van der Waals surface area contributed by atoms with Gasteiger partial charge in [-0.2, -0.15) is 13.2 Å². The molecule has 0 spiro atoms. The third-order valence-electron chi connectivity index (χ3n) is 3.37. The number of morpholine rings is 1. The van der Waals surface area contributed by atoms with Crippen LogP contribution in [0.25, 0.3) is 0 Å². The second-order valence-electron chi connectivity index (χ2n) is 4.83. The highest BCUT2D eigenvalue weighted by Crippen LogP contribution is 2.29. The fraction of sp³-hybridized carbons (Fsp3) is 0.571. The van der Waals surface area contributed by atoms with E-state index in [-0.39, 0.29) is 6.10 Å². The van der Waals surface area contributed by atoms with Crippen LogP contribution in [0.2, 0.25) is 0 Å². The minimum atomic E-state index is -4.26. The highest BCUT2D eigenvalue weighted by molar-refractivity contribution is 5.24. The Morgan fingerprint density at radius 1 is 1.26 bits per heavy atom. The van der Waals surface area contributed by atoms with Crippen LogP contribution in [0.4, 0.5) is 13.2 Å². The zero-order chi connectivity index (χ0) is 13.9. The predicted molar refractivity (Wildman–Crippen MR) is 66.8 cm³/mol. The van der Waals surface area contributed by atoms with Crippen LogP contribution >= 0.6 is 0 Å². The Balaban J connectivity index is 1.96. The topological polar surface area (TPSA) is 12.5 Å². The molecule has 0 amide bonds. The van der Waals surface area contributed by atoms with E-state index >= 15 is 0 Å². The maximum atomic E-state index is 12.4. The number of alkyl halides is 3. The van der Waals surface area contributed by atoms with E-state index in [0.29, 0.717) is 13.2 Å². The van der Waals surface area contributed by atoms with E-state index < -0.39 is 11.7 Å². The Kier molecular flexibility index (Phi) is 4.47. The molecule has 2 nitrogen and oxygen atoms in total. The minimum absolute atomic E-state index is 0.239. The molecule has 106 valence electrons. The van der Waals surface area contributed by atoms with Gasteiger partial charge in [-0.25, -0.2) is 0 Å². The standard InChI is InChI=1S/C14H18F3NO/c1-2-13-10-18(7-8-19-13)9-11-3-5-12(6-4-11)14(15,16)17/h3-6,13H,2,7-10H2,1H3. The number of ether oxygens (including phenoxy) is 1. The number of hydrogen-bond donors (Lipinski definition) is 0. The molecule has 1 aromatic rings. The largest absolute Gasteiger partial charge is 0.416 e. The van der Waals surface area contributed by atoms with E-state index in [9.17, 15) is 13.2 Å². The SMILES string of the molecule is CCC1CN(Cc2ccc(C(F)(F)F)cc2)CCO1. The Hall–Kier alpha value is -1.07. The molecular weight excluding hydrogens is 255 g/mol. The van der Waals surface area contributed by atoms with Gasteiger partial charge in [0.15, 0.2) is 0 Å². The van der Waals surface area contributed by atoms with Gasteiger partial charge in [-0.3, -0.25) is 4.90 Å². The van der Waals surface area contributed by atoms with E-state index in [4.69, 9.17) is 4.74 Å². The number of rotatable bonds is 3. The van der Waals surface area contributed by atoms with Gasteiger partial charge < -0.3 is 4.74 Å². The molecule has 19 heavy (non-hydrogen) atoms. The average Bonchev–Trinajstić information content (AvgIpc) is 2.38. The lowest BCUT2D eigenvalue weighted by molar-refractivity contribution is -0.137. The monoisotopic (exact) mass is 273 g/mol. The maximum Gasteiger partial charge on any atom is 0.416 e. The van der Waals surface area contributed by atoms with E-state index in [1.165, 1.54) is 0 Å². The number of hydrogen-bond acceptors (Lipinski definition) is 2. The maximum absolute atomic E-state index is 12.4. The van der Waals surface area contributed by atoms with Crippen molar-refractivity contribution in [1.29, 1.82) is 0 Å². The molecule has 0 aliphatic carbocycles. The Morgan fingerprint density at radius 2 is 1.95 bits per heavy atom. The molecule has 0 saturated carbocycles. The molecule has 1 unspecified atom stereocenters. The summed E-state index contributed by atoms with van der Waals surface area (Å²) in [6.45, 7) is 5.12. The van der Waals surface area contributed by atoms with Gasteiger partial charge in [0.05, 0.1) is 18.3 Å². The highest BCUT2D eigenvalue weighted by Gasteiger charge is 2.30. The summed E-state index contributed by atoms with van der Waals surface area (Å²) in [6.07, 6.45) is -3.06. The molecule has 0 N–H and O–H groups in total. The second kappa shape index (κ2) is 5.92. The third-order valence-corrected chi connectivity index (χ3v) is 3.37. The lowest BCUT2D eigenvalue weighted by Gasteiger charge is -2.32. The zero-order valence-electron chi connectivity index (χ0n) is 10.9. The summed E-state index contributed by atoms with van der Waals surface area (Å²) >= 11 is 0. The van der Waals surface area contributed by atoms with Crippen molar-refractivity contribution in [3.05, 3.63) is 35.4 Å². The normalized spacial score (nSPS) is 21.6. The average molecular weight is 273 g/mol. The summed E-state index contributed by atoms with van der Waals surface area (Å²) in [5.74, 6) is 0. The smallest absolute Gasteiger partial charge is 0.376 e. The number of halogens is 3. The molecule has 1 fully saturated rings. The molecule has 1 atom stereocenters. The quantitative estimate of drug-likeness (QED) is 0.837. The van der Waals surface area contributed by atoms with Crippen LogP contribution in [0.5, 0.6) is 0 Å². The van der Waals surface area contributed by atoms with Crippen LogP contribution in [-0.4, -0.2) is 30.7 Å². The molecule has 0 aromatic heterocycles. The van der Waals surface area contributed by atoms with Gasteiger partial charge in [0.25, 0.3) is 0 Å². The predicted octanol–water partition coefficient (Wildman–Crippen LogP) is 3.32. The van der Waals surface area contributed by atoms with Gasteiger partial charge in [-0.1, -0.05) is 19.1 Å². The third kappa shape index (κ3) is 3.94. The van der Waals surface area contributed by atoms with E-state index in [0.717, 1.165) is 37.2 Å². The first-order valence-electron chi connectivity index (χ1n) is 6.49. The molecular formula is C14H18F3NO. The lowest BCUT2D eigenvalue weighted by atomic mass is 10.1. The van der Waals surface area contributed by atoms with E-state index in [1.54, 1.807) is 12.1 Å². The summed E-state index contributed by atoms with van der Waals surface area (Å²) < 4.78 is 42.9. The van der Waals surface area contributed by atoms with E-state index in [2.05, 4.69) is 11.8 Å². The molecule has 5 heteroatoms. The first kappa shape index (κ1) is 14.3. The summed E-state index contributed by atoms with van der Waals surface area (Å²) in [5, 5.41) is 0. The zero-order valence-corrected chi connectivity index (χ0v) is 10.9. The first-order chi connectivity index (χ1) is 8.99. The van der Waals surface area contributed by atoms with Gasteiger partial charge in [-0.15, -0.1) is 0 Å². The fourth-order valence-electron chi connectivity index (χ4n) is 2.23. The molecule has 1 aromatic carbocycles. The van der Waals surface area contributed by atoms with Crippen LogP contribution in [-0.2, 0) is 17.5 Å². The summed E-state index contributed by atoms with van der Waals surface area (Å²) in [7, 11) is 0. The van der Waals surface area contributed by atoms with Gasteiger partial charge in [0.1, 0.15) is 0 Å². The van der Waals surface area contributed by atoms with Crippen molar-refractivity contribution in [2.24, 2.45) is 0 Å². The molecule has 1 aliphatic heterocycles. The molecule has 0 radical (unpaired) electrons. The van der Waals surface area contributed by atoms with Crippen molar-refractivity contribution in [3.63, 3.8) is 0 Å². The number of nitrogens with zero attached hydrogens (tertiary/aromatic N) is 1. The van der Waals surface area contributed by atoms with E-state index in [1.807, 2.05) is 0 Å². The van der Waals surface area contributed by atoms with Gasteiger partial charge in [0.2, 0.25) is 0 Å². The van der Waals surface area contributed by atoms with Crippen LogP contribution in [0.15, 0.2) is 24.3 Å². The highest BCUT2D eigenvalue weighted by atomic mass is 19.4. The van der Waals surface area contributed by atoms with Crippen LogP contribution in [0.1, 0.15) is 24.5 Å². The van der Waals surface area contributed by atoms with Crippen LogP contribution in [0, 0.1) is 0 Å². The van der Waals surface area contributed by atoms with Crippen molar-refractivity contribution in [2.45, 2.75) is 32.2 Å². The molecule has 2 rings (SSSR count). The number of benzene rings is 1. The Morgan fingerprint density at radius 3 is 2.53 bits per heavy atom. The molecule has 1 aliphatic rings. The van der Waals surface area contributed by atoms with Crippen LogP contribution < -0.4 is 0 Å². The van der Waals surface area contributed by atoms with Crippen molar-refractivity contribution < 1.29 is 17.9 Å². The lowest BCUT2D eigenvalue weighted by Crippen LogP contribution is -2.41. The molecule has 1 heterocycles. The minimum Gasteiger partial charge on any atom is -0.376 e. The van der Waals surface area contributed by atoms with Crippen molar-refractivity contribution in [3.8, 4) is 0 Å². The summed E-state index contributed by atoms with van der Waals surface area (Å²) in [6, 6.07) is 5.40. The van der Waals surface area contributed by atoms with Gasteiger partial charge in [0, 0.05) is 19.6 Å². The van der Waals surface area contributed by atoms with Crippen molar-refractivity contribution in [1.82, 2.24) is 4.90 Å². The van der Waals surface area contributed by atoms with Gasteiger partial charge >= 0.3 is 6.18 Å². The Bertz CT molecular complexity index is 402. The summed E-state index contributed by atoms with van der Waals surface area (Å²) in [4.78, 5) is 2.22. The van der Waals surface area contributed by atoms with Crippen molar-refractivity contribution >= 4 is 0 Å². The molecule has 0 bridgehead atoms. The van der Waals surface area contributed by atoms with Crippen molar-refractivity contribution in [2.75, 3.05) is 19.7 Å². The first-order valence-corrected chi connectivity index (χ1v) is 6.49. The summed E-state index contributed by atoms with van der Waals surface area (Å²) in [5.41, 5.74) is 0.314.